The first-order chi connectivity index (χ1) is 14.7. The van der Waals surface area contributed by atoms with Crippen LogP contribution in [0.25, 0.3) is 15.9 Å². The maximum Gasteiger partial charge on any atom is 0.214 e. The molecule has 3 heterocycles. The molecule has 2 N–H and O–H groups in total. The van der Waals surface area contributed by atoms with Gasteiger partial charge in [0.25, 0.3) is 0 Å². The Kier molecular flexibility index (Phi) is 5.26. The number of rotatable bonds is 6. The Hall–Kier alpha value is -2.72. The normalized spacial score (nSPS) is 13.5. The first kappa shape index (κ1) is 19.3. The van der Waals surface area contributed by atoms with Gasteiger partial charge in [-0.05, 0) is 60.7 Å². The fraction of sp³-hybridized carbons (Fsp3) is 0.350. The molecule has 1 aromatic carbocycles. The smallest absolute Gasteiger partial charge is 0.214 e. The third kappa shape index (κ3) is 3.50. The molecule has 0 aliphatic heterocycles. The number of hydrogen-bond donors (Lipinski definition) is 1. The van der Waals surface area contributed by atoms with Gasteiger partial charge in [-0.25, -0.2) is 9.97 Å². The van der Waals surface area contributed by atoms with E-state index in [9.17, 15) is 0 Å². The maximum atomic E-state index is 6.33. The Balaban J connectivity index is 1.42. The average Bonchev–Trinajstić information content (AvgIpc) is 3.37. The molecule has 30 heavy (non-hydrogen) atoms. The number of tetrazole rings is 1. The zero-order valence-corrected chi connectivity index (χ0v) is 18.2. The summed E-state index contributed by atoms with van der Waals surface area (Å²) >= 11 is 3.23. The van der Waals surface area contributed by atoms with Gasteiger partial charge in [0.2, 0.25) is 5.16 Å². The number of nitrogens with zero attached hydrogens (tertiary/aromatic N) is 6. The highest BCUT2D eigenvalue weighted by Crippen LogP contribution is 2.38. The number of para-hydroxylation sites is 2. The highest BCUT2D eigenvalue weighted by Gasteiger charge is 2.20. The molecule has 1 aliphatic carbocycles. The fourth-order valence-corrected chi connectivity index (χ4v) is 5.78. The second-order valence-corrected chi connectivity index (χ2v) is 9.00. The van der Waals surface area contributed by atoms with E-state index in [1.54, 1.807) is 16.0 Å². The lowest BCUT2D eigenvalue weighted by Crippen LogP contribution is -2.04. The van der Waals surface area contributed by atoms with Crippen molar-refractivity contribution in [3.8, 4) is 11.4 Å². The van der Waals surface area contributed by atoms with Crippen molar-refractivity contribution >= 4 is 39.1 Å². The molecular formula is C20H21N7OS2. The minimum atomic E-state index is 0.528. The van der Waals surface area contributed by atoms with Crippen molar-refractivity contribution in [3.05, 3.63) is 40.5 Å². The molecule has 1 aliphatic rings. The van der Waals surface area contributed by atoms with E-state index in [-0.39, 0.29) is 0 Å². The summed E-state index contributed by atoms with van der Waals surface area (Å²) in [5.74, 6) is 2.53. The van der Waals surface area contributed by atoms with Crippen LogP contribution in [0.3, 0.4) is 0 Å². The molecule has 8 nitrogen and oxygen atoms in total. The van der Waals surface area contributed by atoms with Crippen LogP contribution in [0, 0.1) is 0 Å². The molecule has 0 bridgehead atoms. The third-order valence-corrected chi connectivity index (χ3v) is 7.15. The van der Waals surface area contributed by atoms with Crippen molar-refractivity contribution < 1.29 is 4.74 Å². The number of ether oxygens (including phenoxy) is 1. The predicted molar refractivity (Wildman–Crippen MR) is 118 cm³/mol. The van der Waals surface area contributed by atoms with Crippen LogP contribution in [0.1, 0.15) is 36.0 Å². The second kappa shape index (κ2) is 8.19. The van der Waals surface area contributed by atoms with Crippen LogP contribution in [-0.4, -0.2) is 36.8 Å². The molecule has 154 valence electrons. The van der Waals surface area contributed by atoms with E-state index in [0.717, 1.165) is 34.5 Å². The van der Waals surface area contributed by atoms with Crippen molar-refractivity contribution in [2.45, 2.75) is 43.5 Å². The standard InChI is InChI=1S/C20H21N7OS2/c1-2-28-14-9-5-4-8-13(14)27-20(24-25-26-27)29-11-16-22-18(21)17-12-7-3-6-10-15(12)30-19(17)23-16/h4-5,8-9H,2-3,6-7,10-11H2,1H3,(H2,21,22,23). The van der Waals surface area contributed by atoms with Gasteiger partial charge in [0.15, 0.2) is 0 Å². The Bertz CT molecular complexity index is 1200. The molecule has 10 heteroatoms. The van der Waals surface area contributed by atoms with Crippen molar-refractivity contribution in [2.75, 3.05) is 12.3 Å². The Labute approximate surface area is 181 Å². The number of fused-ring (bicyclic) bond motifs is 3. The molecule has 3 aromatic heterocycles. The van der Waals surface area contributed by atoms with Gasteiger partial charge in [-0.15, -0.1) is 16.4 Å². The molecule has 0 atom stereocenters. The fourth-order valence-electron chi connectivity index (χ4n) is 3.75. The summed E-state index contributed by atoms with van der Waals surface area (Å²) in [4.78, 5) is 11.8. The quantitative estimate of drug-likeness (QED) is 0.452. The summed E-state index contributed by atoms with van der Waals surface area (Å²) < 4.78 is 7.40. The van der Waals surface area contributed by atoms with E-state index in [1.165, 1.54) is 35.0 Å². The Morgan fingerprint density at radius 2 is 2.07 bits per heavy atom. The Morgan fingerprint density at radius 3 is 2.97 bits per heavy atom. The number of benzene rings is 1. The molecule has 5 rings (SSSR count). The zero-order valence-electron chi connectivity index (χ0n) is 16.5. The van der Waals surface area contributed by atoms with E-state index < -0.39 is 0 Å². The van der Waals surface area contributed by atoms with E-state index >= 15 is 0 Å². The number of nitrogen functional groups attached to an aromatic ring is 1. The summed E-state index contributed by atoms with van der Waals surface area (Å²) in [6.07, 6.45) is 4.64. The average molecular weight is 440 g/mol. The lowest BCUT2D eigenvalue weighted by Gasteiger charge is -2.11. The minimum Gasteiger partial charge on any atom is -0.492 e. The lowest BCUT2D eigenvalue weighted by atomic mass is 9.97. The number of nitrogens with two attached hydrogens (primary N) is 1. The zero-order chi connectivity index (χ0) is 20.5. The lowest BCUT2D eigenvalue weighted by molar-refractivity contribution is 0.337. The van der Waals surface area contributed by atoms with E-state index in [0.29, 0.717) is 29.2 Å². The first-order valence-electron chi connectivity index (χ1n) is 9.94. The van der Waals surface area contributed by atoms with Gasteiger partial charge in [0, 0.05) is 4.88 Å². The van der Waals surface area contributed by atoms with Gasteiger partial charge in [-0.2, -0.15) is 4.68 Å². The first-order valence-corrected chi connectivity index (χ1v) is 11.7. The second-order valence-electron chi connectivity index (χ2n) is 6.98. The van der Waals surface area contributed by atoms with Crippen LogP contribution in [0.5, 0.6) is 5.75 Å². The van der Waals surface area contributed by atoms with Crippen LogP contribution in [0.4, 0.5) is 5.82 Å². The molecule has 0 saturated carbocycles. The van der Waals surface area contributed by atoms with Crippen LogP contribution in [0.2, 0.25) is 0 Å². The molecule has 0 unspecified atom stereocenters. The van der Waals surface area contributed by atoms with E-state index in [1.807, 2.05) is 31.2 Å². The molecular weight excluding hydrogens is 418 g/mol. The number of thioether (sulfide) groups is 1. The predicted octanol–water partition coefficient (Wildman–Crippen LogP) is 3.82. The number of thiophene rings is 1. The highest BCUT2D eigenvalue weighted by molar-refractivity contribution is 7.98. The van der Waals surface area contributed by atoms with Crippen molar-refractivity contribution in [1.29, 1.82) is 0 Å². The Morgan fingerprint density at radius 1 is 1.20 bits per heavy atom. The van der Waals surface area contributed by atoms with Crippen molar-refractivity contribution in [2.24, 2.45) is 0 Å². The minimum absolute atomic E-state index is 0.528. The van der Waals surface area contributed by atoms with Gasteiger partial charge in [-0.1, -0.05) is 23.9 Å². The van der Waals surface area contributed by atoms with Crippen LogP contribution in [0.15, 0.2) is 29.4 Å². The maximum absolute atomic E-state index is 6.33. The monoisotopic (exact) mass is 439 g/mol. The van der Waals surface area contributed by atoms with Gasteiger partial charge >= 0.3 is 0 Å². The van der Waals surface area contributed by atoms with Gasteiger partial charge in [-0.3, -0.25) is 0 Å². The van der Waals surface area contributed by atoms with Gasteiger partial charge in [0.05, 0.1) is 17.7 Å². The molecule has 0 spiro atoms. The third-order valence-electron chi connectivity index (χ3n) is 5.05. The van der Waals surface area contributed by atoms with Crippen LogP contribution in [-0.2, 0) is 18.6 Å². The summed E-state index contributed by atoms with van der Waals surface area (Å²) in [5.41, 5.74) is 8.49. The summed E-state index contributed by atoms with van der Waals surface area (Å²) in [6, 6.07) is 7.70. The van der Waals surface area contributed by atoms with Crippen LogP contribution >= 0.6 is 23.1 Å². The molecule has 0 fully saturated rings. The molecule has 0 amide bonds. The van der Waals surface area contributed by atoms with Gasteiger partial charge < -0.3 is 10.5 Å². The summed E-state index contributed by atoms with van der Waals surface area (Å²) in [5, 5.41) is 13.9. The molecule has 4 aromatic rings. The van der Waals surface area contributed by atoms with E-state index in [2.05, 4.69) is 20.5 Å². The van der Waals surface area contributed by atoms with Gasteiger partial charge in [0.1, 0.15) is 27.9 Å². The van der Waals surface area contributed by atoms with Crippen molar-refractivity contribution in [1.82, 2.24) is 30.2 Å². The summed E-state index contributed by atoms with van der Waals surface area (Å²) in [7, 11) is 0. The van der Waals surface area contributed by atoms with Crippen LogP contribution < -0.4 is 10.5 Å². The topological polar surface area (TPSA) is 105 Å². The molecule has 0 radical (unpaired) electrons. The number of hydrogen-bond acceptors (Lipinski definition) is 9. The number of aromatic nitrogens is 6. The number of aryl methyl sites for hydroxylation is 2. The van der Waals surface area contributed by atoms with Crippen molar-refractivity contribution in [3.63, 3.8) is 0 Å². The largest absolute Gasteiger partial charge is 0.492 e. The summed E-state index contributed by atoms with van der Waals surface area (Å²) in [6.45, 7) is 2.52. The molecule has 0 saturated heterocycles. The SMILES string of the molecule is CCOc1ccccc1-n1nnnc1SCc1nc(N)c2c3c(sc2n1)CCCC3. The van der Waals surface area contributed by atoms with E-state index in [4.69, 9.17) is 15.5 Å². The highest BCUT2D eigenvalue weighted by atomic mass is 32.2. The number of anilines is 1.